The van der Waals surface area contributed by atoms with Crippen LogP contribution in [-0.4, -0.2) is 23.7 Å². The molecule has 1 aromatic carbocycles. The number of aryl methyl sites for hydroxylation is 1. The summed E-state index contributed by atoms with van der Waals surface area (Å²) in [4.78, 5) is 8.36. The van der Waals surface area contributed by atoms with E-state index in [1.165, 1.54) is 18.5 Å². The highest BCUT2D eigenvalue weighted by Gasteiger charge is 2.17. The van der Waals surface area contributed by atoms with Crippen molar-refractivity contribution in [3.8, 4) is 0 Å². The Balaban J connectivity index is 1.97. The Hall–Kier alpha value is -2.47. The summed E-state index contributed by atoms with van der Waals surface area (Å²) in [6, 6.07) is 7.96. The number of anilines is 1. The van der Waals surface area contributed by atoms with Crippen LogP contribution in [0.5, 0.6) is 0 Å². The van der Waals surface area contributed by atoms with Gasteiger partial charge in [0.05, 0.1) is 12.1 Å². The predicted octanol–water partition coefficient (Wildman–Crippen LogP) is 3.47. The fraction of sp³-hybridized carbons (Fsp3) is 0.250. The Bertz CT molecular complexity index is 788. The summed E-state index contributed by atoms with van der Waals surface area (Å²) in [6.45, 7) is 2.27. The molecular formula is C16H16FN3O2. The molecule has 1 atom stereocenters. The number of fused-ring (bicyclic) bond motifs is 1. The van der Waals surface area contributed by atoms with Gasteiger partial charge in [0.15, 0.2) is 0 Å². The first kappa shape index (κ1) is 14.5. The van der Waals surface area contributed by atoms with Crippen molar-refractivity contribution >= 4 is 16.7 Å². The lowest BCUT2D eigenvalue weighted by atomic mass is 10.2. The van der Waals surface area contributed by atoms with E-state index in [-0.39, 0.29) is 11.9 Å². The summed E-state index contributed by atoms with van der Waals surface area (Å²) in [5, 5.41) is 3.86. The zero-order chi connectivity index (χ0) is 15.5. The van der Waals surface area contributed by atoms with Gasteiger partial charge in [-0.05, 0) is 37.3 Å². The Morgan fingerprint density at radius 3 is 2.86 bits per heavy atom. The predicted molar refractivity (Wildman–Crippen MR) is 81.2 cm³/mol. The van der Waals surface area contributed by atoms with Gasteiger partial charge in [0, 0.05) is 12.5 Å². The molecule has 3 aromatic rings. The molecule has 0 unspecified atom stereocenters. The molecule has 0 aliphatic carbocycles. The molecule has 0 amide bonds. The number of benzene rings is 1. The van der Waals surface area contributed by atoms with Crippen LogP contribution in [-0.2, 0) is 4.74 Å². The van der Waals surface area contributed by atoms with Crippen molar-refractivity contribution < 1.29 is 13.5 Å². The zero-order valence-electron chi connectivity index (χ0n) is 12.3. The van der Waals surface area contributed by atoms with Gasteiger partial charge >= 0.3 is 0 Å². The van der Waals surface area contributed by atoms with Crippen molar-refractivity contribution in [3.05, 3.63) is 54.0 Å². The molecule has 6 heteroatoms. The average molecular weight is 301 g/mol. The van der Waals surface area contributed by atoms with E-state index in [4.69, 9.17) is 9.15 Å². The first-order valence-electron chi connectivity index (χ1n) is 6.89. The fourth-order valence-corrected chi connectivity index (χ4v) is 2.31. The molecular weight excluding hydrogens is 285 g/mol. The fourth-order valence-electron chi connectivity index (χ4n) is 2.31. The number of methoxy groups -OCH3 is 1. The van der Waals surface area contributed by atoms with E-state index in [1.807, 2.05) is 19.1 Å². The zero-order valence-corrected chi connectivity index (χ0v) is 12.3. The Labute approximate surface area is 127 Å². The SMILES string of the molecule is COC[C@H](Nc1ncnc2ccc(F)cc12)c1ccc(C)o1. The van der Waals surface area contributed by atoms with E-state index < -0.39 is 0 Å². The summed E-state index contributed by atoms with van der Waals surface area (Å²) < 4.78 is 24.4. The summed E-state index contributed by atoms with van der Waals surface area (Å²) in [5.74, 6) is 1.77. The van der Waals surface area contributed by atoms with Crippen molar-refractivity contribution in [1.82, 2.24) is 9.97 Å². The van der Waals surface area contributed by atoms with Gasteiger partial charge in [-0.1, -0.05) is 0 Å². The molecule has 0 spiro atoms. The summed E-state index contributed by atoms with van der Waals surface area (Å²) >= 11 is 0. The number of nitrogens with zero attached hydrogens (tertiary/aromatic N) is 2. The summed E-state index contributed by atoms with van der Waals surface area (Å²) in [7, 11) is 1.61. The van der Waals surface area contributed by atoms with Crippen LogP contribution in [0.15, 0.2) is 41.1 Å². The van der Waals surface area contributed by atoms with Crippen LogP contribution in [0, 0.1) is 12.7 Å². The maximum atomic E-state index is 13.5. The second-order valence-corrected chi connectivity index (χ2v) is 4.98. The van der Waals surface area contributed by atoms with Gasteiger partial charge in [-0.15, -0.1) is 0 Å². The van der Waals surface area contributed by atoms with E-state index in [1.54, 1.807) is 13.2 Å². The number of aromatic nitrogens is 2. The molecule has 0 aliphatic rings. The molecule has 2 heterocycles. The monoisotopic (exact) mass is 301 g/mol. The van der Waals surface area contributed by atoms with Crippen molar-refractivity contribution in [2.45, 2.75) is 13.0 Å². The number of halogens is 1. The highest BCUT2D eigenvalue weighted by Crippen LogP contribution is 2.26. The summed E-state index contributed by atoms with van der Waals surface area (Å²) in [5.41, 5.74) is 0.672. The highest BCUT2D eigenvalue weighted by atomic mass is 19.1. The molecule has 0 radical (unpaired) electrons. The van der Waals surface area contributed by atoms with Crippen LogP contribution in [0.25, 0.3) is 10.9 Å². The van der Waals surface area contributed by atoms with Crippen LogP contribution in [0.1, 0.15) is 17.6 Å². The Morgan fingerprint density at radius 2 is 2.14 bits per heavy atom. The van der Waals surface area contributed by atoms with Gasteiger partial charge in [-0.25, -0.2) is 14.4 Å². The molecule has 2 aromatic heterocycles. The maximum absolute atomic E-state index is 13.5. The highest BCUT2D eigenvalue weighted by molar-refractivity contribution is 5.88. The summed E-state index contributed by atoms with van der Waals surface area (Å²) in [6.07, 6.45) is 1.44. The van der Waals surface area contributed by atoms with Crippen molar-refractivity contribution in [2.75, 3.05) is 19.0 Å². The number of hydrogen-bond acceptors (Lipinski definition) is 5. The molecule has 114 valence electrons. The van der Waals surface area contributed by atoms with Gasteiger partial charge < -0.3 is 14.5 Å². The number of ether oxygens (including phenoxy) is 1. The first-order valence-corrected chi connectivity index (χ1v) is 6.89. The van der Waals surface area contributed by atoms with E-state index in [2.05, 4.69) is 15.3 Å². The third-order valence-electron chi connectivity index (χ3n) is 3.35. The van der Waals surface area contributed by atoms with Gasteiger partial charge in [0.25, 0.3) is 0 Å². The van der Waals surface area contributed by atoms with E-state index >= 15 is 0 Å². The second kappa shape index (κ2) is 6.11. The minimum Gasteiger partial charge on any atom is -0.464 e. The van der Waals surface area contributed by atoms with Gasteiger partial charge in [0.1, 0.15) is 35.5 Å². The number of nitrogens with one attached hydrogen (secondary N) is 1. The minimum absolute atomic E-state index is 0.222. The smallest absolute Gasteiger partial charge is 0.138 e. The molecule has 0 saturated heterocycles. The maximum Gasteiger partial charge on any atom is 0.138 e. The topological polar surface area (TPSA) is 60.2 Å². The van der Waals surface area contributed by atoms with E-state index in [0.29, 0.717) is 23.3 Å². The van der Waals surface area contributed by atoms with Gasteiger partial charge in [-0.2, -0.15) is 0 Å². The van der Waals surface area contributed by atoms with Crippen molar-refractivity contribution in [2.24, 2.45) is 0 Å². The largest absolute Gasteiger partial charge is 0.464 e. The van der Waals surface area contributed by atoms with Crippen LogP contribution < -0.4 is 5.32 Å². The Morgan fingerprint density at radius 1 is 1.27 bits per heavy atom. The lowest BCUT2D eigenvalue weighted by molar-refractivity contribution is 0.178. The van der Waals surface area contributed by atoms with Gasteiger partial charge in [0.2, 0.25) is 0 Å². The van der Waals surface area contributed by atoms with Crippen LogP contribution in [0.3, 0.4) is 0 Å². The number of rotatable bonds is 5. The van der Waals surface area contributed by atoms with E-state index in [9.17, 15) is 4.39 Å². The van der Waals surface area contributed by atoms with Crippen molar-refractivity contribution in [1.29, 1.82) is 0 Å². The lowest BCUT2D eigenvalue weighted by Gasteiger charge is -2.17. The average Bonchev–Trinajstić information content (AvgIpc) is 2.94. The van der Waals surface area contributed by atoms with Crippen LogP contribution >= 0.6 is 0 Å². The third-order valence-corrected chi connectivity index (χ3v) is 3.35. The molecule has 5 nitrogen and oxygen atoms in total. The number of hydrogen-bond donors (Lipinski definition) is 1. The molecule has 1 N–H and O–H groups in total. The number of furan rings is 1. The second-order valence-electron chi connectivity index (χ2n) is 4.98. The Kier molecular flexibility index (Phi) is 4.02. The van der Waals surface area contributed by atoms with Crippen LogP contribution in [0.2, 0.25) is 0 Å². The molecule has 22 heavy (non-hydrogen) atoms. The quantitative estimate of drug-likeness (QED) is 0.782. The van der Waals surface area contributed by atoms with Gasteiger partial charge in [-0.3, -0.25) is 0 Å². The molecule has 0 aliphatic heterocycles. The molecule has 3 rings (SSSR count). The van der Waals surface area contributed by atoms with Crippen LogP contribution in [0.4, 0.5) is 10.2 Å². The molecule has 0 fully saturated rings. The normalized spacial score (nSPS) is 12.5. The van der Waals surface area contributed by atoms with E-state index in [0.717, 1.165) is 11.5 Å². The van der Waals surface area contributed by atoms with Crippen molar-refractivity contribution in [3.63, 3.8) is 0 Å². The molecule has 0 saturated carbocycles. The molecule has 0 bridgehead atoms. The minimum atomic E-state index is -0.331. The lowest BCUT2D eigenvalue weighted by Crippen LogP contribution is -2.16. The standard InChI is InChI=1S/C16H16FN3O2/c1-10-3-6-15(22-10)14(8-21-2)20-16-12-7-11(17)4-5-13(12)18-9-19-16/h3-7,9,14H,8H2,1-2H3,(H,18,19,20)/t14-/m0/s1. The first-order chi connectivity index (χ1) is 10.7. The third kappa shape index (κ3) is 2.92.